The van der Waals surface area contributed by atoms with Gasteiger partial charge in [0.25, 0.3) is 11.4 Å². The van der Waals surface area contributed by atoms with Crippen molar-refractivity contribution in [2.75, 3.05) is 0 Å². The second-order valence-corrected chi connectivity index (χ2v) is 7.62. The van der Waals surface area contributed by atoms with Gasteiger partial charge in [0.1, 0.15) is 5.65 Å². The van der Waals surface area contributed by atoms with E-state index in [4.69, 9.17) is 5.11 Å². The highest BCUT2D eigenvalue weighted by molar-refractivity contribution is 9.10. The van der Waals surface area contributed by atoms with Crippen molar-refractivity contribution in [1.29, 1.82) is 0 Å². The molecular formula is C20H14BrN5O7. The number of non-ortho nitro benzene ring substituents is 1. The predicted octanol–water partition coefficient (Wildman–Crippen LogP) is 5.19. The van der Waals surface area contributed by atoms with E-state index in [-0.39, 0.29) is 0 Å². The van der Waals surface area contributed by atoms with Crippen LogP contribution in [0.3, 0.4) is 0 Å². The normalized spacial score (nSPS) is 10.4. The molecule has 0 aliphatic heterocycles. The summed E-state index contributed by atoms with van der Waals surface area (Å²) >= 11 is 3.44. The molecule has 13 heteroatoms. The fraction of sp³-hybridized carbons (Fsp3) is 0.0500. The topological polar surface area (TPSA) is 167 Å². The minimum absolute atomic E-state index is 0.447. The molecule has 2 aromatic carbocycles. The molecule has 2 heterocycles. The van der Waals surface area contributed by atoms with Crippen molar-refractivity contribution in [3.63, 3.8) is 0 Å². The van der Waals surface area contributed by atoms with Crippen LogP contribution in [0.1, 0.15) is 5.56 Å². The van der Waals surface area contributed by atoms with E-state index < -0.39 is 37.6 Å². The minimum Gasteiger partial charge on any atom is -0.497 e. The molecule has 0 unspecified atom stereocenters. The Labute approximate surface area is 193 Å². The molecule has 4 rings (SSSR count). The molecule has 4 aromatic rings. The second kappa shape index (κ2) is 9.40. The van der Waals surface area contributed by atoms with Gasteiger partial charge in [-0.1, -0.05) is 28.1 Å². The number of halogens is 1. The molecule has 0 aliphatic rings. The van der Waals surface area contributed by atoms with E-state index in [0.29, 0.717) is 12.1 Å². The average Bonchev–Trinajstić information content (AvgIpc) is 3.17. The van der Waals surface area contributed by atoms with Gasteiger partial charge in [0, 0.05) is 22.4 Å². The molecule has 12 nitrogen and oxygen atoms in total. The number of hydrogen-bond acceptors (Lipinski definition) is 8. The largest absolute Gasteiger partial charge is 0.497 e. The Kier molecular flexibility index (Phi) is 6.63. The van der Waals surface area contributed by atoms with Crippen molar-refractivity contribution in [2.45, 2.75) is 6.92 Å². The van der Waals surface area contributed by atoms with E-state index in [1.165, 1.54) is 5.56 Å². The van der Waals surface area contributed by atoms with Crippen molar-refractivity contribution >= 4 is 38.6 Å². The van der Waals surface area contributed by atoms with Gasteiger partial charge in [0.05, 0.1) is 32.6 Å². The first kappa shape index (κ1) is 23.3. The highest BCUT2D eigenvalue weighted by Gasteiger charge is 2.30. The van der Waals surface area contributed by atoms with Crippen molar-refractivity contribution in [3.05, 3.63) is 101 Å². The van der Waals surface area contributed by atoms with Gasteiger partial charge in [-0.25, -0.2) is 4.98 Å². The summed E-state index contributed by atoms with van der Waals surface area (Å²) in [7, 11) is 0. The van der Waals surface area contributed by atoms with Crippen LogP contribution in [0.25, 0.3) is 16.9 Å². The van der Waals surface area contributed by atoms with Gasteiger partial charge in [-0.2, -0.15) is 0 Å². The van der Waals surface area contributed by atoms with Crippen LogP contribution in [0, 0.1) is 37.3 Å². The van der Waals surface area contributed by atoms with Crippen molar-refractivity contribution < 1.29 is 19.9 Å². The third kappa shape index (κ3) is 5.27. The summed E-state index contributed by atoms with van der Waals surface area (Å²) < 4.78 is 3.13. The van der Waals surface area contributed by atoms with Crippen LogP contribution in [-0.4, -0.2) is 29.3 Å². The highest BCUT2D eigenvalue weighted by Crippen LogP contribution is 2.38. The zero-order chi connectivity index (χ0) is 24.3. The zero-order valence-electron chi connectivity index (χ0n) is 16.8. The maximum absolute atomic E-state index is 10.4. The van der Waals surface area contributed by atoms with Crippen LogP contribution in [0.4, 0.5) is 17.1 Å². The van der Waals surface area contributed by atoms with Gasteiger partial charge in [-0.05, 0) is 36.8 Å². The van der Waals surface area contributed by atoms with Crippen molar-refractivity contribution in [2.24, 2.45) is 0 Å². The molecule has 1 N–H and O–H groups in total. The van der Waals surface area contributed by atoms with Gasteiger partial charge >= 0.3 is 11.4 Å². The molecule has 0 saturated heterocycles. The molecule has 168 valence electrons. The Morgan fingerprint density at radius 1 is 0.909 bits per heavy atom. The number of nitro groups is 3. The molecule has 0 aliphatic carbocycles. The molecule has 0 amide bonds. The second-order valence-electron chi connectivity index (χ2n) is 6.71. The molecule has 0 saturated carbocycles. The summed E-state index contributed by atoms with van der Waals surface area (Å²) in [6, 6.07) is 13.3. The maximum atomic E-state index is 10.4. The summed E-state index contributed by atoms with van der Waals surface area (Å²) in [5.41, 5.74) is 1.35. The SMILES string of the molecule is Cc1ccn2cc(-c3ccc(Br)cc3)nc2c1.O=[N+]([O-])c1cc([N+](=O)[O-])c(O)c([N+](=O)[O-])c1. The number of aromatic nitrogens is 2. The molecule has 0 fully saturated rings. The van der Waals surface area contributed by atoms with Gasteiger partial charge in [-0.3, -0.25) is 30.3 Å². The number of aryl methyl sites for hydroxylation is 1. The number of hydrogen-bond donors (Lipinski definition) is 1. The van der Waals surface area contributed by atoms with E-state index in [0.717, 1.165) is 21.4 Å². The number of rotatable bonds is 4. The maximum Gasteiger partial charge on any atom is 0.324 e. The fourth-order valence-corrected chi connectivity index (χ4v) is 3.08. The standard InChI is InChI=1S/C14H11BrN2.C6H3N3O7/c1-10-6-7-17-9-13(16-14(17)8-10)11-2-4-12(15)5-3-11;10-6-4(8(13)14)1-3(7(11)12)2-5(6)9(15)16/h2-9H,1H3;1-2,10H. The Morgan fingerprint density at radius 3 is 2.00 bits per heavy atom. The molecule has 0 atom stereocenters. The number of pyridine rings is 1. The van der Waals surface area contributed by atoms with Crippen molar-refractivity contribution in [3.8, 4) is 17.0 Å². The lowest BCUT2D eigenvalue weighted by atomic mass is 10.2. The van der Waals surface area contributed by atoms with E-state index in [1.54, 1.807) is 0 Å². The van der Waals surface area contributed by atoms with Gasteiger partial charge in [0.2, 0.25) is 0 Å². The minimum atomic E-state index is -1.21. The number of phenolic OH excluding ortho intramolecular Hbond substituents is 1. The lowest BCUT2D eigenvalue weighted by molar-refractivity contribution is -0.404. The van der Waals surface area contributed by atoms with Crippen LogP contribution in [-0.2, 0) is 0 Å². The van der Waals surface area contributed by atoms with Crippen LogP contribution in [0.5, 0.6) is 5.75 Å². The lowest BCUT2D eigenvalue weighted by Crippen LogP contribution is -1.97. The lowest BCUT2D eigenvalue weighted by Gasteiger charge is -1.97. The summed E-state index contributed by atoms with van der Waals surface area (Å²) in [6.07, 6.45) is 4.10. The molecule has 0 radical (unpaired) electrons. The summed E-state index contributed by atoms with van der Waals surface area (Å²) in [4.78, 5) is 32.4. The van der Waals surface area contributed by atoms with E-state index in [9.17, 15) is 30.3 Å². The first-order chi connectivity index (χ1) is 15.6. The molecular weight excluding hydrogens is 502 g/mol. The predicted molar refractivity (Wildman–Crippen MR) is 121 cm³/mol. The zero-order valence-corrected chi connectivity index (χ0v) is 18.4. The number of aromatic hydroxyl groups is 1. The van der Waals surface area contributed by atoms with Crippen molar-refractivity contribution in [1.82, 2.24) is 9.38 Å². The Hall–Kier alpha value is -4.39. The smallest absolute Gasteiger partial charge is 0.324 e. The van der Waals surface area contributed by atoms with Gasteiger partial charge in [-0.15, -0.1) is 0 Å². The van der Waals surface area contributed by atoms with Gasteiger partial charge in [0.15, 0.2) is 0 Å². The first-order valence-electron chi connectivity index (χ1n) is 9.08. The van der Waals surface area contributed by atoms with Crippen LogP contribution in [0.2, 0.25) is 0 Å². The molecule has 33 heavy (non-hydrogen) atoms. The number of imidazole rings is 1. The Balaban J connectivity index is 0.000000186. The fourth-order valence-electron chi connectivity index (χ4n) is 2.82. The summed E-state index contributed by atoms with van der Waals surface area (Å²) in [5, 5.41) is 40.2. The first-order valence-corrected chi connectivity index (χ1v) is 9.87. The molecule has 0 bridgehead atoms. The average molecular weight is 516 g/mol. The van der Waals surface area contributed by atoms with E-state index in [2.05, 4.69) is 58.3 Å². The Morgan fingerprint density at radius 2 is 1.48 bits per heavy atom. The molecule has 2 aromatic heterocycles. The summed E-state index contributed by atoms with van der Waals surface area (Å²) in [5.74, 6) is -1.21. The van der Waals surface area contributed by atoms with Crippen LogP contribution >= 0.6 is 15.9 Å². The summed E-state index contributed by atoms with van der Waals surface area (Å²) in [6.45, 7) is 2.08. The quantitative estimate of drug-likeness (QED) is 0.286. The Bertz CT molecular complexity index is 1350. The third-order valence-corrected chi connectivity index (χ3v) is 4.94. The highest BCUT2D eigenvalue weighted by atomic mass is 79.9. The third-order valence-electron chi connectivity index (χ3n) is 4.41. The number of phenols is 1. The number of nitro benzene ring substituents is 3. The molecule has 0 spiro atoms. The van der Waals surface area contributed by atoms with Crippen LogP contribution in [0.15, 0.2) is 65.4 Å². The van der Waals surface area contributed by atoms with E-state index in [1.807, 2.05) is 22.7 Å². The number of benzene rings is 2. The number of fused-ring (bicyclic) bond motifs is 1. The number of nitrogens with zero attached hydrogens (tertiary/aromatic N) is 5. The van der Waals surface area contributed by atoms with E-state index >= 15 is 0 Å². The monoisotopic (exact) mass is 515 g/mol. The van der Waals surface area contributed by atoms with Gasteiger partial charge < -0.3 is 9.51 Å². The van der Waals surface area contributed by atoms with Crippen LogP contribution < -0.4 is 0 Å².